The number of aromatic nitrogens is 2. The van der Waals surface area contributed by atoms with Crippen LogP contribution < -0.4 is 0 Å². The average Bonchev–Trinajstić information content (AvgIpc) is 3.07. The Bertz CT molecular complexity index is 1100. The number of carbonyl (C=O) groups excluding carboxylic acids is 1. The Hall–Kier alpha value is -3.18. The fourth-order valence-corrected chi connectivity index (χ4v) is 2.74. The molecule has 0 saturated carbocycles. The Morgan fingerprint density at radius 3 is 2.69 bits per heavy atom. The van der Waals surface area contributed by atoms with Gasteiger partial charge in [0, 0.05) is 23.1 Å². The number of ether oxygens (including phenoxy) is 1. The third-order valence-electron chi connectivity index (χ3n) is 3.79. The molecule has 4 rings (SSSR count). The van der Waals surface area contributed by atoms with Gasteiger partial charge in [-0.2, -0.15) is 0 Å². The molecule has 4 aromatic rings. The second-order valence-corrected chi connectivity index (χ2v) is 5.95. The molecule has 26 heavy (non-hydrogen) atoms. The van der Waals surface area contributed by atoms with E-state index in [0.29, 0.717) is 22.2 Å². The third-order valence-corrected chi connectivity index (χ3v) is 4.12. The minimum Gasteiger partial charge on any atom is -0.458 e. The van der Waals surface area contributed by atoms with Crippen molar-refractivity contribution in [2.45, 2.75) is 6.61 Å². The van der Waals surface area contributed by atoms with Crippen LogP contribution in [0.2, 0.25) is 5.15 Å². The van der Waals surface area contributed by atoms with E-state index in [9.17, 15) is 4.79 Å². The number of esters is 1. The van der Waals surface area contributed by atoms with Crippen molar-refractivity contribution in [1.29, 1.82) is 0 Å². The van der Waals surface area contributed by atoms with E-state index in [2.05, 4.69) is 9.97 Å². The molecule has 0 saturated heterocycles. The van der Waals surface area contributed by atoms with E-state index < -0.39 is 5.97 Å². The molecule has 6 heteroatoms. The lowest BCUT2D eigenvalue weighted by molar-refractivity contribution is -0.138. The van der Waals surface area contributed by atoms with Crippen molar-refractivity contribution in [2.75, 3.05) is 0 Å². The number of fused-ring (bicyclic) bond motifs is 2. The summed E-state index contributed by atoms with van der Waals surface area (Å²) in [6, 6.07) is 16.8. The second-order valence-electron chi connectivity index (χ2n) is 5.59. The normalized spacial score (nSPS) is 11.4. The summed E-state index contributed by atoms with van der Waals surface area (Å²) < 4.78 is 10.7. The Labute approximate surface area is 153 Å². The van der Waals surface area contributed by atoms with Crippen LogP contribution in [0, 0.1) is 0 Å². The molecule has 0 radical (unpaired) electrons. The number of nitrogens with zero attached hydrogens (tertiary/aromatic N) is 2. The summed E-state index contributed by atoms with van der Waals surface area (Å²) in [5, 5.41) is 1.25. The Balaban J connectivity index is 1.44. The van der Waals surface area contributed by atoms with Crippen LogP contribution in [0.5, 0.6) is 0 Å². The van der Waals surface area contributed by atoms with Crippen molar-refractivity contribution in [2.24, 2.45) is 0 Å². The van der Waals surface area contributed by atoms with Gasteiger partial charge in [0.2, 0.25) is 5.89 Å². The van der Waals surface area contributed by atoms with Crippen molar-refractivity contribution in [3.05, 3.63) is 77.3 Å². The molecule has 0 unspecified atom stereocenters. The molecule has 0 fully saturated rings. The van der Waals surface area contributed by atoms with Crippen LogP contribution in [0.4, 0.5) is 0 Å². The SMILES string of the molecule is O=C(/C=C/c1nc2ccccc2o1)OCc1cc2ccccc2nc1Cl. The van der Waals surface area contributed by atoms with Gasteiger partial charge in [-0.3, -0.25) is 0 Å². The van der Waals surface area contributed by atoms with Gasteiger partial charge in [0.05, 0.1) is 5.52 Å². The molecule has 2 heterocycles. The van der Waals surface area contributed by atoms with Crippen LogP contribution in [0.3, 0.4) is 0 Å². The number of rotatable bonds is 4. The van der Waals surface area contributed by atoms with Crippen molar-refractivity contribution in [3.63, 3.8) is 0 Å². The summed E-state index contributed by atoms with van der Waals surface area (Å²) in [5.41, 5.74) is 2.83. The van der Waals surface area contributed by atoms with Gasteiger partial charge in [0.1, 0.15) is 17.3 Å². The van der Waals surface area contributed by atoms with Crippen LogP contribution >= 0.6 is 11.6 Å². The van der Waals surface area contributed by atoms with Crippen LogP contribution in [-0.4, -0.2) is 15.9 Å². The minimum atomic E-state index is -0.517. The maximum absolute atomic E-state index is 11.9. The first kappa shape index (κ1) is 16.3. The fraction of sp³-hybridized carbons (Fsp3) is 0.0500. The molecule has 2 aromatic heterocycles. The molecule has 0 N–H and O–H groups in total. The van der Waals surface area contributed by atoms with Gasteiger partial charge in [0.25, 0.3) is 0 Å². The molecular formula is C20H13ClN2O3. The quantitative estimate of drug-likeness (QED) is 0.296. The van der Waals surface area contributed by atoms with E-state index in [-0.39, 0.29) is 6.61 Å². The standard InChI is InChI=1S/C20H13ClN2O3/c21-20-14(11-13-5-1-2-6-15(13)23-20)12-25-19(24)10-9-18-22-16-7-3-4-8-17(16)26-18/h1-11H,12H2/b10-9+. The molecule has 0 atom stereocenters. The summed E-state index contributed by atoms with van der Waals surface area (Å²) >= 11 is 6.16. The first-order valence-electron chi connectivity index (χ1n) is 7.93. The highest BCUT2D eigenvalue weighted by Crippen LogP contribution is 2.21. The molecule has 0 bridgehead atoms. The van der Waals surface area contributed by atoms with Gasteiger partial charge in [-0.25, -0.2) is 14.8 Å². The smallest absolute Gasteiger partial charge is 0.331 e. The summed E-state index contributed by atoms with van der Waals surface area (Å²) in [6.07, 6.45) is 2.75. The lowest BCUT2D eigenvalue weighted by Crippen LogP contribution is -2.02. The highest BCUT2D eigenvalue weighted by molar-refractivity contribution is 6.30. The van der Waals surface area contributed by atoms with E-state index in [4.69, 9.17) is 20.8 Å². The molecule has 0 aliphatic carbocycles. The van der Waals surface area contributed by atoms with E-state index >= 15 is 0 Å². The monoisotopic (exact) mass is 364 g/mol. The molecule has 0 amide bonds. The number of para-hydroxylation sites is 3. The Kier molecular flexibility index (Phi) is 4.37. The summed E-state index contributed by atoms with van der Waals surface area (Å²) in [5.74, 6) is -0.176. The Morgan fingerprint density at radius 1 is 1.08 bits per heavy atom. The first-order chi connectivity index (χ1) is 12.7. The second kappa shape index (κ2) is 6.98. The van der Waals surface area contributed by atoms with E-state index in [1.165, 1.54) is 12.2 Å². The molecule has 2 aromatic carbocycles. The number of halogens is 1. The van der Waals surface area contributed by atoms with Crippen molar-refractivity contribution in [3.8, 4) is 0 Å². The zero-order valence-electron chi connectivity index (χ0n) is 13.6. The lowest BCUT2D eigenvalue weighted by Gasteiger charge is -2.06. The van der Waals surface area contributed by atoms with Gasteiger partial charge >= 0.3 is 5.97 Å². The van der Waals surface area contributed by atoms with E-state index in [0.717, 1.165) is 16.4 Å². The number of benzene rings is 2. The van der Waals surface area contributed by atoms with Gasteiger partial charge in [-0.15, -0.1) is 0 Å². The summed E-state index contributed by atoms with van der Waals surface area (Å²) in [6.45, 7) is 0.0351. The maximum atomic E-state index is 11.9. The number of hydrogen-bond donors (Lipinski definition) is 0. The average molecular weight is 365 g/mol. The van der Waals surface area contributed by atoms with Crippen LogP contribution in [0.25, 0.3) is 28.1 Å². The van der Waals surface area contributed by atoms with Crippen molar-refractivity contribution in [1.82, 2.24) is 9.97 Å². The fourth-order valence-electron chi connectivity index (χ4n) is 2.54. The number of hydrogen-bond acceptors (Lipinski definition) is 5. The van der Waals surface area contributed by atoms with E-state index in [1.54, 1.807) is 0 Å². The molecule has 128 valence electrons. The van der Waals surface area contributed by atoms with Gasteiger partial charge in [0.15, 0.2) is 5.58 Å². The van der Waals surface area contributed by atoms with Gasteiger partial charge in [-0.1, -0.05) is 41.9 Å². The zero-order chi connectivity index (χ0) is 17.9. The summed E-state index contributed by atoms with van der Waals surface area (Å²) in [7, 11) is 0. The predicted octanol–water partition coefficient (Wildman–Crippen LogP) is 4.79. The van der Waals surface area contributed by atoms with Gasteiger partial charge < -0.3 is 9.15 Å². The highest BCUT2D eigenvalue weighted by Gasteiger charge is 2.08. The molecule has 5 nitrogen and oxygen atoms in total. The number of carbonyl (C=O) groups is 1. The van der Waals surface area contributed by atoms with E-state index in [1.807, 2.05) is 54.6 Å². The Morgan fingerprint density at radius 2 is 1.85 bits per heavy atom. The molecular weight excluding hydrogens is 352 g/mol. The highest BCUT2D eigenvalue weighted by atomic mass is 35.5. The van der Waals surface area contributed by atoms with Crippen molar-refractivity contribution >= 4 is 45.6 Å². The predicted molar refractivity (Wildman–Crippen MR) is 99.6 cm³/mol. The maximum Gasteiger partial charge on any atom is 0.331 e. The van der Waals surface area contributed by atoms with Crippen LogP contribution in [0.15, 0.2) is 65.1 Å². The zero-order valence-corrected chi connectivity index (χ0v) is 14.3. The van der Waals surface area contributed by atoms with Crippen molar-refractivity contribution < 1.29 is 13.9 Å². The third kappa shape index (κ3) is 3.43. The first-order valence-corrected chi connectivity index (χ1v) is 8.31. The van der Waals surface area contributed by atoms with Gasteiger partial charge in [-0.05, 0) is 24.3 Å². The topological polar surface area (TPSA) is 65.2 Å². The number of oxazole rings is 1. The number of pyridine rings is 1. The lowest BCUT2D eigenvalue weighted by atomic mass is 10.2. The van der Waals surface area contributed by atoms with Crippen LogP contribution in [0.1, 0.15) is 11.5 Å². The molecule has 0 aliphatic rings. The molecule has 0 spiro atoms. The van der Waals surface area contributed by atoms with Crippen LogP contribution in [-0.2, 0) is 16.1 Å². The summed E-state index contributed by atoms with van der Waals surface area (Å²) in [4.78, 5) is 20.5. The largest absolute Gasteiger partial charge is 0.458 e. The minimum absolute atomic E-state index is 0.0351. The molecule has 0 aliphatic heterocycles.